The van der Waals surface area contributed by atoms with Crippen molar-refractivity contribution < 1.29 is 0 Å². The Morgan fingerprint density at radius 1 is 1.35 bits per heavy atom. The second-order valence-electron chi connectivity index (χ2n) is 4.63. The van der Waals surface area contributed by atoms with Crippen LogP contribution < -0.4 is 16.9 Å². The number of nitrogens with zero attached hydrogens (tertiary/aromatic N) is 2. The molecule has 1 unspecified atom stereocenters. The van der Waals surface area contributed by atoms with Gasteiger partial charge in [-0.15, -0.1) is 0 Å². The van der Waals surface area contributed by atoms with E-state index in [1.54, 1.807) is 7.05 Å². The minimum absolute atomic E-state index is 0.121. The third-order valence-electron chi connectivity index (χ3n) is 2.64. The Kier molecular flexibility index (Phi) is 4.41. The molecule has 0 aliphatic heterocycles. The van der Waals surface area contributed by atoms with E-state index < -0.39 is 11.1 Å². The van der Waals surface area contributed by atoms with Crippen LogP contribution in [0.4, 0.5) is 0 Å². The monoisotopic (exact) mass is 292 g/mol. The van der Waals surface area contributed by atoms with Gasteiger partial charge in [0.2, 0.25) is 0 Å². The summed E-state index contributed by atoms with van der Waals surface area (Å²) in [4.78, 5) is 27.1. The number of aromatic nitrogens is 3. The molecule has 2 rings (SSSR count). The molecule has 0 aliphatic carbocycles. The zero-order chi connectivity index (χ0) is 14.7. The Hall–Kier alpha value is -1.86. The molecule has 20 heavy (non-hydrogen) atoms. The van der Waals surface area contributed by atoms with Crippen LogP contribution in [0.15, 0.2) is 43.9 Å². The normalized spacial score (nSPS) is 12.3. The number of nitrogens with one attached hydrogen (secondary N) is 1. The highest BCUT2D eigenvalue weighted by Crippen LogP contribution is 2.24. The zero-order valence-corrected chi connectivity index (χ0v) is 12.1. The molecule has 1 heterocycles. The molecular weight excluding hydrogens is 276 g/mol. The van der Waals surface area contributed by atoms with Gasteiger partial charge in [0.05, 0.1) is 0 Å². The van der Waals surface area contributed by atoms with Crippen molar-refractivity contribution in [2.45, 2.75) is 29.4 Å². The molecule has 0 bridgehead atoms. The van der Waals surface area contributed by atoms with Gasteiger partial charge in [0.25, 0.3) is 0 Å². The average Bonchev–Trinajstić information content (AvgIpc) is 2.37. The number of hydrogen-bond acceptors (Lipinski definition) is 5. The Bertz CT molecular complexity index is 704. The van der Waals surface area contributed by atoms with Crippen molar-refractivity contribution in [2.75, 3.05) is 0 Å². The summed E-state index contributed by atoms with van der Waals surface area (Å²) in [5.41, 5.74) is 5.41. The Morgan fingerprint density at radius 2 is 2.00 bits per heavy atom. The van der Waals surface area contributed by atoms with Gasteiger partial charge >= 0.3 is 11.1 Å². The molecule has 0 spiro atoms. The Morgan fingerprint density at radius 3 is 2.60 bits per heavy atom. The van der Waals surface area contributed by atoms with Crippen LogP contribution in [-0.4, -0.2) is 20.8 Å². The van der Waals surface area contributed by atoms with Crippen molar-refractivity contribution in [1.29, 1.82) is 0 Å². The highest BCUT2D eigenvalue weighted by atomic mass is 32.2. The molecule has 0 aliphatic rings. The Labute approximate surface area is 120 Å². The highest BCUT2D eigenvalue weighted by molar-refractivity contribution is 7.99. The first-order valence-electron chi connectivity index (χ1n) is 6.15. The molecule has 7 heteroatoms. The fraction of sp³-hybridized carbons (Fsp3) is 0.308. The summed E-state index contributed by atoms with van der Waals surface area (Å²) in [5, 5.41) is 2.85. The van der Waals surface area contributed by atoms with E-state index >= 15 is 0 Å². The first-order valence-corrected chi connectivity index (χ1v) is 6.97. The van der Waals surface area contributed by atoms with Crippen LogP contribution >= 0.6 is 11.8 Å². The summed E-state index contributed by atoms with van der Waals surface area (Å²) in [5.74, 6) is 0. The van der Waals surface area contributed by atoms with Gasteiger partial charge in [-0.25, -0.2) is 0 Å². The van der Waals surface area contributed by atoms with Gasteiger partial charge in [-0.3, -0.25) is 19.4 Å². The van der Waals surface area contributed by atoms with Crippen LogP contribution in [0.5, 0.6) is 0 Å². The lowest BCUT2D eigenvalue weighted by Crippen LogP contribution is -2.33. The number of rotatable bonds is 4. The van der Waals surface area contributed by atoms with Crippen molar-refractivity contribution >= 4 is 11.8 Å². The number of hydrogen-bond donors (Lipinski definition) is 2. The van der Waals surface area contributed by atoms with E-state index in [-0.39, 0.29) is 6.04 Å². The molecule has 1 aromatic carbocycles. The van der Waals surface area contributed by atoms with Crippen molar-refractivity contribution in [3.8, 4) is 0 Å². The summed E-state index contributed by atoms with van der Waals surface area (Å²) < 4.78 is 1.43. The number of nitrogens with two attached hydrogens (primary N) is 1. The quantitative estimate of drug-likeness (QED) is 0.801. The van der Waals surface area contributed by atoms with Crippen LogP contribution in [-0.2, 0) is 13.5 Å². The third-order valence-corrected chi connectivity index (χ3v) is 3.69. The molecule has 1 aromatic heterocycles. The second-order valence-corrected chi connectivity index (χ2v) is 5.67. The van der Waals surface area contributed by atoms with Gasteiger partial charge in [0, 0.05) is 18.0 Å². The fourth-order valence-corrected chi connectivity index (χ4v) is 2.52. The largest absolute Gasteiger partial charge is 0.339 e. The van der Waals surface area contributed by atoms with E-state index in [1.165, 1.54) is 16.4 Å². The van der Waals surface area contributed by atoms with Crippen LogP contribution in [0.3, 0.4) is 0 Å². The van der Waals surface area contributed by atoms with Crippen LogP contribution in [0.25, 0.3) is 0 Å². The fourth-order valence-electron chi connectivity index (χ4n) is 1.72. The highest BCUT2D eigenvalue weighted by Gasteiger charge is 2.06. The summed E-state index contributed by atoms with van der Waals surface area (Å²) in [7, 11) is 1.64. The summed E-state index contributed by atoms with van der Waals surface area (Å²) in [6, 6.07) is 8.00. The van der Waals surface area contributed by atoms with E-state index in [0.29, 0.717) is 5.16 Å². The number of aromatic amines is 1. The van der Waals surface area contributed by atoms with Gasteiger partial charge in [-0.1, -0.05) is 23.9 Å². The van der Waals surface area contributed by atoms with E-state index in [1.807, 2.05) is 31.2 Å². The first kappa shape index (κ1) is 14.5. The van der Waals surface area contributed by atoms with E-state index in [2.05, 4.69) is 10.1 Å². The van der Waals surface area contributed by atoms with E-state index in [0.717, 1.165) is 16.9 Å². The first-order chi connectivity index (χ1) is 9.45. The Balaban J connectivity index is 2.20. The topological polar surface area (TPSA) is 93.8 Å². The molecule has 6 nitrogen and oxygen atoms in total. The van der Waals surface area contributed by atoms with Gasteiger partial charge in [0.1, 0.15) is 0 Å². The second kappa shape index (κ2) is 6.06. The maximum Gasteiger partial charge on any atom is 0.339 e. The average molecular weight is 292 g/mol. The molecule has 106 valence electrons. The van der Waals surface area contributed by atoms with Crippen LogP contribution in [0, 0.1) is 0 Å². The molecule has 0 amide bonds. The van der Waals surface area contributed by atoms with Gasteiger partial charge in [-0.2, -0.15) is 4.98 Å². The molecule has 0 radical (unpaired) electrons. The molecular formula is C13H16N4O2S. The van der Waals surface area contributed by atoms with Gasteiger partial charge in [-0.05, 0) is 31.0 Å². The maximum absolute atomic E-state index is 11.3. The molecule has 0 saturated heterocycles. The van der Waals surface area contributed by atoms with Gasteiger partial charge in [0.15, 0.2) is 5.16 Å². The van der Waals surface area contributed by atoms with Crippen molar-refractivity contribution in [3.63, 3.8) is 0 Å². The predicted octanol–water partition coefficient (Wildman–Crippen LogP) is 0.509. The molecule has 1 atom stereocenters. The van der Waals surface area contributed by atoms with E-state index in [9.17, 15) is 9.59 Å². The maximum atomic E-state index is 11.3. The number of H-pyrrole nitrogens is 1. The minimum atomic E-state index is -0.779. The van der Waals surface area contributed by atoms with Gasteiger partial charge < -0.3 is 5.73 Å². The molecule has 0 saturated carbocycles. The third kappa shape index (κ3) is 3.58. The lowest BCUT2D eigenvalue weighted by molar-refractivity contribution is 0.596. The molecule has 2 aromatic rings. The smallest absolute Gasteiger partial charge is 0.328 e. The number of benzene rings is 1. The van der Waals surface area contributed by atoms with E-state index in [4.69, 9.17) is 5.73 Å². The summed E-state index contributed by atoms with van der Waals surface area (Å²) in [6.07, 6.45) is 0.820. The summed E-state index contributed by atoms with van der Waals surface area (Å²) in [6.45, 7) is 1.96. The standard InChI is InChI=1S/C13H16N4O2S/c1-8(14)7-9-3-5-10(6-4-9)20-13-15-11(18)12(19)16-17(13)2/h3-6,8H,7,14H2,1-2H3,(H,16,19). The van der Waals surface area contributed by atoms with Crippen molar-refractivity contribution in [2.24, 2.45) is 12.8 Å². The molecule has 0 fully saturated rings. The lowest BCUT2D eigenvalue weighted by atomic mass is 10.1. The van der Waals surface area contributed by atoms with Crippen molar-refractivity contribution in [3.05, 3.63) is 50.5 Å². The number of aryl methyl sites for hydroxylation is 1. The molecule has 3 N–H and O–H groups in total. The minimum Gasteiger partial charge on any atom is -0.328 e. The SMILES string of the molecule is CC(N)Cc1ccc(Sc2nc(=O)c(=O)[nH]n2C)cc1. The predicted molar refractivity (Wildman–Crippen MR) is 78.0 cm³/mol. The van der Waals surface area contributed by atoms with Crippen molar-refractivity contribution in [1.82, 2.24) is 14.8 Å². The summed E-state index contributed by atoms with van der Waals surface area (Å²) >= 11 is 1.32. The van der Waals surface area contributed by atoms with Crippen LogP contribution in [0.1, 0.15) is 12.5 Å². The van der Waals surface area contributed by atoms with Crippen LogP contribution in [0.2, 0.25) is 0 Å². The lowest BCUT2D eigenvalue weighted by Gasteiger charge is -2.08. The zero-order valence-electron chi connectivity index (χ0n) is 11.3.